The smallest absolute Gasteiger partial charge is 0.416 e. The van der Waals surface area contributed by atoms with E-state index in [9.17, 15) is 26.7 Å². The third-order valence-corrected chi connectivity index (χ3v) is 4.18. The minimum Gasteiger partial charge on any atom is -0.433 e. The maximum Gasteiger partial charge on any atom is 0.416 e. The van der Waals surface area contributed by atoms with E-state index in [1.54, 1.807) is 0 Å². The maximum absolute atomic E-state index is 12.9. The lowest BCUT2D eigenvalue weighted by Gasteiger charge is -2.12. The highest BCUT2D eigenvalue weighted by Crippen LogP contribution is 2.30. The first-order valence-electron chi connectivity index (χ1n) is 8.24. The van der Waals surface area contributed by atoms with Gasteiger partial charge in [0.25, 0.3) is 5.56 Å². The Morgan fingerprint density at radius 2 is 1.93 bits per heavy atom. The summed E-state index contributed by atoms with van der Waals surface area (Å²) < 4.78 is 67.9. The molecule has 12 heteroatoms. The first kappa shape index (κ1) is 21.5. The third-order valence-electron chi connectivity index (χ3n) is 3.82. The van der Waals surface area contributed by atoms with Gasteiger partial charge in [-0.3, -0.25) is 9.78 Å². The van der Waals surface area contributed by atoms with E-state index in [0.717, 1.165) is 29.1 Å². The largest absolute Gasteiger partial charge is 0.433 e. The summed E-state index contributed by atoms with van der Waals surface area (Å²) in [6.45, 7) is -2.90. The zero-order valence-electron chi connectivity index (χ0n) is 14.8. The van der Waals surface area contributed by atoms with Crippen LogP contribution in [0.4, 0.5) is 27.6 Å². The number of pyridine rings is 1. The van der Waals surface area contributed by atoms with Gasteiger partial charge in [0.15, 0.2) is 0 Å². The molecule has 0 unspecified atom stereocenters. The molecule has 158 valence electrons. The highest BCUT2D eigenvalue weighted by Gasteiger charge is 2.30. The Morgan fingerprint density at radius 1 is 1.17 bits per heavy atom. The van der Waals surface area contributed by atoms with E-state index in [2.05, 4.69) is 20.1 Å². The minimum absolute atomic E-state index is 0.0728. The number of anilines is 1. The molecule has 30 heavy (non-hydrogen) atoms. The van der Waals surface area contributed by atoms with Crippen LogP contribution in [0.2, 0.25) is 5.02 Å². The summed E-state index contributed by atoms with van der Waals surface area (Å²) >= 11 is 6.04. The molecule has 0 saturated carbocycles. The lowest BCUT2D eigenvalue weighted by Crippen LogP contribution is -2.23. The second-order valence-corrected chi connectivity index (χ2v) is 6.23. The second-order valence-electron chi connectivity index (χ2n) is 5.85. The number of halogens is 6. The Bertz CT molecular complexity index is 1090. The van der Waals surface area contributed by atoms with E-state index >= 15 is 0 Å². The number of alkyl halides is 5. The molecule has 2 aromatic heterocycles. The number of rotatable bonds is 6. The quantitative estimate of drug-likeness (QED) is 0.564. The molecule has 6 nitrogen and oxygen atoms in total. The number of benzene rings is 1. The monoisotopic (exact) mass is 446 g/mol. The number of nitrogens with one attached hydrogen (secondary N) is 1. The normalized spacial score (nSPS) is 11.6. The van der Waals surface area contributed by atoms with Crippen LogP contribution in [0.25, 0.3) is 5.69 Å². The summed E-state index contributed by atoms with van der Waals surface area (Å²) in [7, 11) is 0. The van der Waals surface area contributed by atoms with Crippen molar-refractivity contribution in [1.29, 1.82) is 0 Å². The van der Waals surface area contributed by atoms with Crippen molar-refractivity contribution in [2.75, 3.05) is 5.32 Å². The van der Waals surface area contributed by atoms with Crippen LogP contribution in [-0.2, 0) is 12.7 Å². The Labute approximate surface area is 170 Å². The van der Waals surface area contributed by atoms with Crippen LogP contribution in [0.1, 0.15) is 11.3 Å². The summed E-state index contributed by atoms with van der Waals surface area (Å²) in [4.78, 5) is 16.4. The van der Waals surface area contributed by atoms with Gasteiger partial charge in [0.2, 0.25) is 0 Å². The third kappa shape index (κ3) is 5.03. The summed E-state index contributed by atoms with van der Waals surface area (Å²) in [6.07, 6.45) is -2.29. The van der Waals surface area contributed by atoms with E-state index in [-0.39, 0.29) is 28.7 Å². The van der Waals surface area contributed by atoms with E-state index < -0.39 is 23.9 Å². The van der Waals surface area contributed by atoms with Crippen molar-refractivity contribution in [3.63, 3.8) is 0 Å². The van der Waals surface area contributed by atoms with Gasteiger partial charge in [-0.15, -0.1) is 0 Å². The molecule has 0 aliphatic carbocycles. The highest BCUT2D eigenvalue weighted by atomic mass is 35.5. The lowest BCUT2D eigenvalue weighted by molar-refractivity contribution is -0.137. The van der Waals surface area contributed by atoms with Gasteiger partial charge in [-0.25, -0.2) is 0 Å². The molecule has 0 spiro atoms. The molecule has 0 aliphatic rings. The topological polar surface area (TPSA) is 69.0 Å². The molecule has 0 amide bonds. The van der Waals surface area contributed by atoms with Gasteiger partial charge < -0.3 is 10.1 Å². The summed E-state index contributed by atoms with van der Waals surface area (Å²) in [5.74, 6) is -0.114. The van der Waals surface area contributed by atoms with Crippen molar-refractivity contribution in [3.8, 4) is 11.4 Å². The molecular formula is C18H12ClF5N4O2. The van der Waals surface area contributed by atoms with Gasteiger partial charge in [0, 0.05) is 0 Å². The van der Waals surface area contributed by atoms with Crippen LogP contribution >= 0.6 is 11.6 Å². The van der Waals surface area contributed by atoms with Crippen LogP contribution in [0, 0.1) is 0 Å². The molecule has 3 rings (SSSR count). The van der Waals surface area contributed by atoms with E-state index in [1.807, 2.05) is 0 Å². The molecule has 0 atom stereocenters. The fourth-order valence-corrected chi connectivity index (χ4v) is 2.62. The SMILES string of the molecule is O=c1c(Cl)c(NCc2ccc(OC(F)F)cn2)cnn1-c1cccc(C(F)(F)F)c1. The Hall–Kier alpha value is -3.21. The van der Waals surface area contributed by atoms with Crippen molar-refractivity contribution in [2.24, 2.45) is 0 Å². The van der Waals surface area contributed by atoms with Gasteiger partial charge in [0.05, 0.1) is 41.6 Å². The first-order chi connectivity index (χ1) is 14.1. The lowest BCUT2D eigenvalue weighted by atomic mass is 10.2. The van der Waals surface area contributed by atoms with Gasteiger partial charge in [-0.2, -0.15) is 31.7 Å². The fourth-order valence-electron chi connectivity index (χ4n) is 2.43. The van der Waals surface area contributed by atoms with Crippen LogP contribution < -0.4 is 15.6 Å². The summed E-state index contributed by atoms with van der Waals surface area (Å²) in [5.41, 5.74) is -1.30. The van der Waals surface area contributed by atoms with Gasteiger partial charge in [-0.1, -0.05) is 17.7 Å². The second kappa shape index (κ2) is 8.66. The molecule has 0 saturated heterocycles. The summed E-state index contributed by atoms with van der Waals surface area (Å²) in [6, 6.07) is 6.82. The van der Waals surface area contributed by atoms with E-state index in [0.29, 0.717) is 5.69 Å². The zero-order valence-corrected chi connectivity index (χ0v) is 15.6. The average Bonchev–Trinajstić information content (AvgIpc) is 2.69. The van der Waals surface area contributed by atoms with Gasteiger partial charge in [0.1, 0.15) is 10.8 Å². The number of nitrogens with zero attached hydrogens (tertiary/aromatic N) is 3. The van der Waals surface area contributed by atoms with Crippen LogP contribution in [0.3, 0.4) is 0 Å². The molecule has 3 aromatic rings. The van der Waals surface area contributed by atoms with Gasteiger partial charge >= 0.3 is 12.8 Å². The Balaban J connectivity index is 1.78. The Kier molecular flexibility index (Phi) is 6.20. The van der Waals surface area contributed by atoms with E-state index in [4.69, 9.17) is 11.6 Å². The predicted octanol–water partition coefficient (Wildman–Crippen LogP) is 4.51. The molecule has 1 aromatic carbocycles. The number of ether oxygens (including phenoxy) is 1. The zero-order chi connectivity index (χ0) is 21.9. The van der Waals surface area contributed by atoms with Crippen LogP contribution in [-0.4, -0.2) is 21.4 Å². The Morgan fingerprint density at radius 3 is 2.57 bits per heavy atom. The minimum atomic E-state index is -4.58. The molecule has 1 N–H and O–H groups in total. The van der Waals surface area contributed by atoms with Crippen molar-refractivity contribution in [1.82, 2.24) is 14.8 Å². The molecule has 0 bridgehead atoms. The fraction of sp³-hybridized carbons (Fsp3) is 0.167. The standard InChI is InChI=1S/C18H12ClF5N4O2/c19-15-14(26-7-11-4-5-13(8-25-11)30-17(20)21)9-27-28(16(15)29)12-3-1-2-10(6-12)18(22,23)24/h1-6,8-9,17,26H,7H2. The number of hydrogen-bond donors (Lipinski definition) is 1. The molecular weight excluding hydrogens is 435 g/mol. The average molecular weight is 447 g/mol. The van der Waals surface area contributed by atoms with Crippen LogP contribution in [0.5, 0.6) is 5.75 Å². The van der Waals surface area contributed by atoms with Crippen LogP contribution in [0.15, 0.2) is 53.6 Å². The van der Waals surface area contributed by atoms with Crippen molar-refractivity contribution in [3.05, 3.63) is 75.4 Å². The maximum atomic E-state index is 12.9. The van der Waals surface area contributed by atoms with Crippen molar-refractivity contribution in [2.45, 2.75) is 19.3 Å². The first-order valence-corrected chi connectivity index (χ1v) is 8.62. The molecule has 2 heterocycles. The van der Waals surface area contributed by atoms with Gasteiger partial charge in [-0.05, 0) is 30.3 Å². The molecule has 0 aliphatic heterocycles. The number of hydrogen-bond acceptors (Lipinski definition) is 5. The predicted molar refractivity (Wildman–Crippen MR) is 98.0 cm³/mol. The highest BCUT2D eigenvalue weighted by molar-refractivity contribution is 6.32. The van der Waals surface area contributed by atoms with Crippen molar-refractivity contribution < 1.29 is 26.7 Å². The van der Waals surface area contributed by atoms with Crippen molar-refractivity contribution >= 4 is 17.3 Å². The summed E-state index contributed by atoms with van der Waals surface area (Å²) in [5, 5.41) is 6.37. The van der Waals surface area contributed by atoms with E-state index in [1.165, 1.54) is 24.4 Å². The number of aromatic nitrogens is 3. The molecule has 0 fully saturated rings. The molecule has 0 radical (unpaired) electrons.